The summed E-state index contributed by atoms with van der Waals surface area (Å²) >= 11 is 1.42. The fraction of sp³-hybridized carbons (Fsp3) is 0.778. The van der Waals surface area contributed by atoms with Crippen LogP contribution in [0.5, 0.6) is 0 Å². The number of hydrogen-bond acceptors (Lipinski definition) is 5. The second kappa shape index (κ2) is 7.53. The van der Waals surface area contributed by atoms with Crippen LogP contribution in [-0.2, 0) is 14.3 Å². The number of ether oxygens (including phenoxy) is 1. The molecule has 15 heavy (non-hydrogen) atoms. The predicted octanol–water partition coefficient (Wildman–Crippen LogP) is -0.126. The lowest BCUT2D eigenvalue weighted by Gasteiger charge is -2.12. The van der Waals surface area contributed by atoms with Crippen molar-refractivity contribution in [2.45, 2.75) is 31.1 Å². The van der Waals surface area contributed by atoms with E-state index in [1.165, 1.54) is 18.9 Å². The zero-order valence-corrected chi connectivity index (χ0v) is 9.88. The van der Waals surface area contributed by atoms with Crippen LogP contribution in [0.2, 0.25) is 0 Å². The van der Waals surface area contributed by atoms with Gasteiger partial charge in [-0.3, -0.25) is 9.59 Å². The third kappa shape index (κ3) is 5.64. The first kappa shape index (κ1) is 14.2. The van der Waals surface area contributed by atoms with E-state index in [0.717, 1.165) is 0 Å². The Morgan fingerprint density at radius 2 is 2.07 bits per heavy atom. The lowest BCUT2D eigenvalue weighted by atomic mass is 10.2. The second-order valence-corrected chi connectivity index (χ2v) is 4.40. The summed E-state index contributed by atoms with van der Waals surface area (Å²) in [7, 11) is 1.30. The van der Waals surface area contributed by atoms with Crippen molar-refractivity contribution in [3.05, 3.63) is 0 Å². The molecule has 0 aliphatic heterocycles. The Hall–Kier alpha value is -0.750. The molecule has 0 radical (unpaired) electrons. The van der Waals surface area contributed by atoms with Gasteiger partial charge in [-0.05, 0) is 18.6 Å². The lowest BCUT2D eigenvalue weighted by Crippen LogP contribution is -2.32. The molecule has 0 saturated carbocycles. The third-order valence-electron chi connectivity index (χ3n) is 1.94. The standard InChI is InChI=1S/C9H18N2O3S/c1-3-7(8(11)12)15-5-4-6(10)9(13)14-2/h6-7H,3-5,10H2,1-2H3,(H2,11,12). The van der Waals surface area contributed by atoms with Crippen molar-refractivity contribution in [3.63, 3.8) is 0 Å². The molecule has 0 aliphatic rings. The molecule has 2 atom stereocenters. The van der Waals surface area contributed by atoms with Crippen molar-refractivity contribution in [1.82, 2.24) is 0 Å². The van der Waals surface area contributed by atoms with Crippen molar-refractivity contribution >= 4 is 23.6 Å². The van der Waals surface area contributed by atoms with Crippen LogP contribution in [0.15, 0.2) is 0 Å². The Balaban J connectivity index is 3.77. The van der Waals surface area contributed by atoms with E-state index < -0.39 is 12.0 Å². The molecular weight excluding hydrogens is 216 g/mol. The van der Waals surface area contributed by atoms with Crippen molar-refractivity contribution in [3.8, 4) is 0 Å². The van der Waals surface area contributed by atoms with E-state index in [9.17, 15) is 9.59 Å². The van der Waals surface area contributed by atoms with Gasteiger partial charge in [0.1, 0.15) is 6.04 Å². The van der Waals surface area contributed by atoms with Gasteiger partial charge >= 0.3 is 5.97 Å². The summed E-state index contributed by atoms with van der Waals surface area (Å²) < 4.78 is 4.48. The van der Waals surface area contributed by atoms with Gasteiger partial charge in [-0.1, -0.05) is 6.92 Å². The minimum Gasteiger partial charge on any atom is -0.468 e. The quantitative estimate of drug-likeness (QED) is 0.598. The highest BCUT2D eigenvalue weighted by Gasteiger charge is 2.16. The van der Waals surface area contributed by atoms with Crippen molar-refractivity contribution < 1.29 is 14.3 Å². The lowest BCUT2D eigenvalue weighted by molar-refractivity contribution is -0.142. The molecule has 0 aromatic heterocycles. The molecule has 0 fully saturated rings. The Kier molecular flexibility index (Phi) is 7.15. The number of nitrogens with two attached hydrogens (primary N) is 2. The van der Waals surface area contributed by atoms with E-state index in [2.05, 4.69) is 4.74 Å². The van der Waals surface area contributed by atoms with Crippen molar-refractivity contribution in [2.75, 3.05) is 12.9 Å². The van der Waals surface area contributed by atoms with Gasteiger partial charge in [0, 0.05) is 0 Å². The Morgan fingerprint density at radius 3 is 2.47 bits per heavy atom. The molecule has 0 aromatic rings. The Bertz CT molecular complexity index is 223. The Morgan fingerprint density at radius 1 is 1.47 bits per heavy atom. The summed E-state index contributed by atoms with van der Waals surface area (Å²) in [6, 6.07) is -0.618. The van der Waals surface area contributed by atoms with Crippen LogP contribution >= 0.6 is 11.8 Å². The zero-order valence-electron chi connectivity index (χ0n) is 9.06. The number of carbonyl (C=O) groups excluding carboxylic acids is 2. The number of hydrogen-bond donors (Lipinski definition) is 2. The molecule has 0 aliphatic carbocycles. The fourth-order valence-electron chi connectivity index (χ4n) is 1.01. The number of carbonyl (C=O) groups is 2. The first-order chi connectivity index (χ1) is 7.02. The number of thioether (sulfide) groups is 1. The molecule has 0 rings (SSSR count). The molecule has 4 N–H and O–H groups in total. The van der Waals surface area contributed by atoms with E-state index in [-0.39, 0.29) is 11.2 Å². The maximum atomic E-state index is 10.9. The highest BCUT2D eigenvalue weighted by atomic mass is 32.2. The first-order valence-electron chi connectivity index (χ1n) is 4.77. The van der Waals surface area contributed by atoms with Crippen molar-refractivity contribution in [2.24, 2.45) is 11.5 Å². The van der Waals surface area contributed by atoms with E-state index in [4.69, 9.17) is 11.5 Å². The van der Waals surface area contributed by atoms with Gasteiger partial charge in [0.05, 0.1) is 12.4 Å². The third-order valence-corrected chi connectivity index (χ3v) is 3.38. The van der Waals surface area contributed by atoms with Crippen LogP contribution < -0.4 is 11.5 Å². The van der Waals surface area contributed by atoms with Gasteiger partial charge < -0.3 is 16.2 Å². The monoisotopic (exact) mass is 234 g/mol. The molecule has 0 saturated heterocycles. The Labute approximate surface area is 93.9 Å². The largest absolute Gasteiger partial charge is 0.468 e. The van der Waals surface area contributed by atoms with Gasteiger partial charge in [-0.2, -0.15) is 0 Å². The second-order valence-electron chi connectivity index (χ2n) is 3.09. The van der Waals surface area contributed by atoms with E-state index in [1.54, 1.807) is 0 Å². The highest BCUT2D eigenvalue weighted by Crippen LogP contribution is 2.15. The van der Waals surface area contributed by atoms with E-state index in [0.29, 0.717) is 18.6 Å². The van der Waals surface area contributed by atoms with Crippen LogP contribution in [0.3, 0.4) is 0 Å². The summed E-state index contributed by atoms with van der Waals surface area (Å²) in [5, 5.41) is -0.199. The maximum Gasteiger partial charge on any atom is 0.322 e. The number of rotatable bonds is 7. The molecule has 0 aromatic carbocycles. The van der Waals surface area contributed by atoms with Crippen LogP contribution in [0, 0.1) is 0 Å². The van der Waals surface area contributed by atoms with E-state index in [1.807, 2.05) is 6.92 Å². The topological polar surface area (TPSA) is 95.4 Å². The molecule has 0 heterocycles. The highest BCUT2D eigenvalue weighted by molar-refractivity contribution is 8.00. The minimum absolute atomic E-state index is 0.199. The van der Waals surface area contributed by atoms with Gasteiger partial charge in [-0.15, -0.1) is 11.8 Å². The normalized spacial score (nSPS) is 14.3. The van der Waals surface area contributed by atoms with Gasteiger partial charge in [0.25, 0.3) is 0 Å². The van der Waals surface area contributed by atoms with Crippen LogP contribution in [0.1, 0.15) is 19.8 Å². The number of methoxy groups -OCH3 is 1. The summed E-state index contributed by atoms with van der Waals surface area (Å²) in [6.45, 7) is 1.89. The molecule has 6 heteroatoms. The molecule has 2 unspecified atom stereocenters. The maximum absolute atomic E-state index is 10.9. The zero-order chi connectivity index (χ0) is 11.8. The summed E-state index contributed by atoms with van der Waals surface area (Å²) in [5.41, 5.74) is 10.7. The van der Waals surface area contributed by atoms with Crippen molar-refractivity contribution in [1.29, 1.82) is 0 Å². The molecule has 88 valence electrons. The van der Waals surface area contributed by atoms with Gasteiger partial charge in [-0.25, -0.2) is 0 Å². The minimum atomic E-state index is -0.618. The van der Waals surface area contributed by atoms with Gasteiger partial charge in [0.2, 0.25) is 5.91 Å². The van der Waals surface area contributed by atoms with Gasteiger partial charge in [0.15, 0.2) is 0 Å². The molecular formula is C9H18N2O3S. The average Bonchev–Trinajstić information content (AvgIpc) is 2.22. The average molecular weight is 234 g/mol. The van der Waals surface area contributed by atoms with Crippen LogP contribution in [0.4, 0.5) is 0 Å². The SMILES string of the molecule is CCC(SCCC(N)C(=O)OC)C(N)=O. The summed E-state index contributed by atoms with van der Waals surface area (Å²) in [6.07, 6.45) is 1.18. The van der Waals surface area contributed by atoms with Crippen LogP contribution in [0.25, 0.3) is 0 Å². The number of amides is 1. The summed E-state index contributed by atoms with van der Waals surface area (Å²) in [4.78, 5) is 21.8. The number of primary amides is 1. The summed E-state index contributed by atoms with van der Waals surface area (Å²) in [5.74, 6) is -0.130. The smallest absolute Gasteiger partial charge is 0.322 e. The number of esters is 1. The molecule has 0 bridgehead atoms. The molecule has 1 amide bonds. The van der Waals surface area contributed by atoms with E-state index >= 15 is 0 Å². The molecule has 0 spiro atoms. The van der Waals surface area contributed by atoms with Crippen LogP contribution in [-0.4, -0.2) is 36.0 Å². The first-order valence-corrected chi connectivity index (χ1v) is 5.82. The molecule has 5 nitrogen and oxygen atoms in total. The fourth-order valence-corrected chi connectivity index (χ4v) is 2.08. The predicted molar refractivity (Wildman–Crippen MR) is 60.3 cm³/mol.